The van der Waals surface area contributed by atoms with Crippen LogP contribution >= 0.6 is 11.6 Å². The minimum Gasteiger partial charge on any atom is -0.354 e. The number of hydrogen-bond donors (Lipinski definition) is 2. The van der Waals surface area contributed by atoms with E-state index in [0.717, 1.165) is 89.4 Å². The number of H-pyrrole nitrogens is 2. The van der Waals surface area contributed by atoms with Gasteiger partial charge < -0.3 is 9.97 Å². The molecule has 0 aliphatic carbocycles. The van der Waals surface area contributed by atoms with Crippen molar-refractivity contribution in [2.24, 2.45) is 0 Å². The number of fused-ring (bicyclic) bond motifs is 8. The summed E-state index contributed by atoms with van der Waals surface area (Å²) >= 11 is 6.90. The second kappa shape index (κ2) is 12.1. The van der Waals surface area contributed by atoms with E-state index in [4.69, 9.17) is 21.6 Å². The second-order valence-corrected chi connectivity index (χ2v) is 12.5. The maximum atomic E-state index is 6.90. The maximum absolute atomic E-state index is 6.90. The zero-order valence-corrected chi connectivity index (χ0v) is 27.1. The first-order valence-electron chi connectivity index (χ1n) is 16.3. The lowest BCUT2D eigenvalue weighted by atomic mass is 10.0. The van der Waals surface area contributed by atoms with Gasteiger partial charge in [-0.1, -0.05) is 121 Å². The minimum absolute atomic E-state index is 0.646. The fourth-order valence-electron chi connectivity index (χ4n) is 6.88. The van der Waals surface area contributed by atoms with Crippen LogP contribution < -0.4 is 0 Å². The first kappa shape index (κ1) is 29.0. The van der Waals surface area contributed by atoms with Crippen molar-refractivity contribution in [3.8, 4) is 44.5 Å². The Hall–Kier alpha value is -6.23. The molecular weight excluding hydrogens is 620 g/mol. The van der Waals surface area contributed by atoms with Gasteiger partial charge >= 0.3 is 0 Å². The molecule has 5 heterocycles. The number of aromatic nitrogens is 4. The highest BCUT2D eigenvalue weighted by Crippen LogP contribution is 2.39. The van der Waals surface area contributed by atoms with E-state index in [1.165, 1.54) is 0 Å². The van der Waals surface area contributed by atoms with Gasteiger partial charge in [0.2, 0.25) is 0 Å². The standard InChI is InChI=1S/C44H29ClN4/c45-32-19-11-10-18-31(32)44-39-26-24-37(48-39)42(29-14-6-2-7-15-29)35-22-20-33(46-35)41(28-12-4-1-5-13-28)34-21-23-36(47-34)43(30-16-8-3-9-17-30)38-25-27-40(44)49-38/h1-27,46-47H. The normalized spacial score (nSPS) is 12.0. The van der Waals surface area contributed by atoms with Crippen LogP contribution in [0.2, 0.25) is 5.02 Å². The van der Waals surface area contributed by atoms with E-state index in [0.29, 0.717) is 5.02 Å². The molecule has 2 N–H and O–H groups in total. The van der Waals surface area contributed by atoms with E-state index in [1.54, 1.807) is 0 Å². The van der Waals surface area contributed by atoms with Crippen molar-refractivity contribution in [1.29, 1.82) is 0 Å². The Morgan fingerprint density at radius 1 is 0.347 bits per heavy atom. The van der Waals surface area contributed by atoms with Gasteiger partial charge in [-0.25, -0.2) is 9.97 Å². The summed E-state index contributed by atoms with van der Waals surface area (Å²) in [5.74, 6) is 0. The molecule has 2 aliphatic heterocycles. The highest BCUT2D eigenvalue weighted by molar-refractivity contribution is 6.33. The summed E-state index contributed by atoms with van der Waals surface area (Å²) in [7, 11) is 0. The van der Waals surface area contributed by atoms with Crippen LogP contribution in [0.25, 0.3) is 90.9 Å². The predicted molar refractivity (Wildman–Crippen MR) is 206 cm³/mol. The lowest BCUT2D eigenvalue weighted by Gasteiger charge is -2.08. The fourth-order valence-corrected chi connectivity index (χ4v) is 7.11. The molecular formula is C44H29ClN4. The Morgan fingerprint density at radius 2 is 0.694 bits per heavy atom. The number of nitrogens with one attached hydrogen (secondary N) is 2. The van der Waals surface area contributed by atoms with Gasteiger partial charge in [0.05, 0.1) is 22.8 Å². The third kappa shape index (κ3) is 5.20. The zero-order chi connectivity index (χ0) is 32.7. The molecule has 49 heavy (non-hydrogen) atoms. The molecule has 0 fully saturated rings. The summed E-state index contributed by atoms with van der Waals surface area (Å²) in [5, 5.41) is 0.646. The third-order valence-corrected chi connectivity index (χ3v) is 9.41. The second-order valence-electron chi connectivity index (χ2n) is 12.1. The molecule has 0 spiro atoms. The van der Waals surface area contributed by atoms with Gasteiger partial charge in [0.1, 0.15) is 0 Å². The topological polar surface area (TPSA) is 57.4 Å². The Labute approximate surface area is 288 Å². The molecule has 8 bridgehead atoms. The number of hydrogen-bond acceptors (Lipinski definition) is 2. The van der Waals surface area contributed by atoms with Crippen molar-refractivity contribution in [2.75, 3.05) is 0 Å². The van der Waals surface area contributed by atoms with Crippen molar-refractivity contribution >= 4 is 58.0 Å². The zero-order valence-electron chi connectivity index (χ0n) is 26.4. The van der Waals surface area contributed by atoms with Crippen LogP contribution in [0.5, 0.6) is 0 Å². The van der Waals surface area contributed by atoms with Gasteiger partial charge in [0.25, 0.3) is 0 Å². The van der Waals surface area contributed by atoms with Crippen molar-refractivity contribution in [3.63, 3.8) is 0 Å². The SMILES string of the molecule is Clc1ccccc1-c1c2nc(c(-c3ccccc3)c3ccc([nH]3)c(-c3ccccc3)c3ccc([nH]3)c(-c3ccccc3)c3nc1C=C3)C=C2. The molecule has 0 saturated heterocycles. The molecule has 7 aromatic rings. The average molecular weight is 649 g/mol. The first-order chi connectivity index (χ1) is 24.2. The third-order valence-electron chi connectivity index (χ3n) is 9.08. The van der Waals surface area contributed by atoms with Crippen molar-refractivity contribution in [1.82, 2.24) is 19.9 Å². The number of rotatable bonds is 4. The van der Waals surface area contributed by atoms with Crippen LogP contribution in [0.4, 0.5) is 0 Å². The van der Waals surface area contributed by atoms with Crippen molar-refractivity contribution in [2.45, 2.75) is 0 Å². The maximum Gasteiger partial charge on any atom is 0.0738 e. The van der Waals surface area contributed by atoms with Crippen molar-refractivity contribution < 1.29 is 0 Å². The predicted octanol–water partition coefficient (Wildman–Crippen LogP) is 12.0. The van der Waals surface area contributed by atoms with Gasteiger partial charge in [-0.15, -0.1) is 0 Å². The summed E-state index contributed by atoms with van der Waals surface area (Å²) < 4.78 is 0. The fraction of sp³-hybridized carbons (Fsp3) is 0. The van der Waals surface area contributed by atoms with E-state index >= 15 is 0 Å². The lowest BCUT2D eigenvalue weighted by Crippen LogP contribution is -1.91. The molecule has 5 heteroatoms. The highest BCUT2D eigenvalue weighted by atomic mass is 35.5. The van der Waals surface area contributed by atoms with E-state index < -0.39 is 0 Å². The van der Waals surface area contributed by atoms with Crippen LogP contribution in [0.1, 0.15) is 22.8 Å². The number of benzene rings is 4. The Balaban J connectivity index is 1.49. The minimum atomic E-state index is 0.646. The van der Waals surface area contributed by atoms with Crippen LogP contribution in [0.15, 0.2) is 140 Å². The van der Waals surface area contributed by atoms with Gasteiger partial charge in [-0.05, 0) is 71.3 Å². The van der Waals surface area contributed by atoms with Gasteiger partial charge in [0, 0.05) is 54.9 Å². The molecule has 0 amide bonds. The molecule has 0 saturated carbocycles. The molecule has 232 valence electrons. The van der Waals surface area contributed by atoms with Crippen LogP contribution in [-0.4, -0.2) is 19.9 Å². The molecule has 0 atom stereocenters. The molecule has 0 unspecified atom stereocenters. The Bertz CT molecular complexity index is 2460. The monoisotopic (exact) mass is 648 g/mol. The van der Waals surface area contributed by atoms with Crippen LogP contribution in [-0.2, 0) is 0 Å². The number of nitrogens with zero attached hydrogens (tertiary/aromatic N) is 2. The van der Waals surface area contributed by atoms with Gasteiger partial charge in [0.15, 0.2) is 0 Å². The first-order valence-corrected chi connectivity index (χ1v) is 16.7. The summed E-state index contributed by atoms with van der Waals surface area (Å²) in [4.78, 5) is 18.2. The highest BCUT2D eigenvalue weighted by Gasteiger charge is 2.20. The molecule has 0 radical (unpaired) electrons. The Kier molecular flexibility index (Phi) is 7.15. The smallest absolute Gasteiger partial charge is 0.0738 e. The molecule has 2 aliphatic rings. The summed E-state index contributed by atoms with van der Waals surface area (Å²) in [5.41, 5.74) is 15.4. The Morgan fingerprint density at radius 3 is 1.12 bits per heavy atom. The summed E-state index contributed by atoms with van der Waals surface area (Å²) in [6.45, 7) is 0. The van der Waals surface area contributed by atoms with E-state index in [1.807, 2.05) is 42.5 Å². The largest absolute Gasteiger partial charge is 0.354 e. The number of aromatic amines is 2. The van der Waals surface area contributed by atoms with Crippen molar-refractivity contribution in [3.05, 3.63) is 167 Å². The van der Waals surface area contributed by atoms with E-state index in [2.05, 4.69) is 131 Å². The van der Waals surface area contributed by atoms with E-state index in [-0.39, 0.29) is 0 Å². The van der Waals surface area contributed by atoms with Gasteiger partial charge in [-0.2, -0.15) is 0 Å². The summed E-state index contributed by atoms with van der Waals surface area (Å²) in [6, 6.07) is 47.9. The summed E-state index contributed by atoms with van der Waals surface area (Å²) in [6.07, 6.45) is 8.34. The number of halogens is 1. The molecule has 4 nitrogen and oxygen atoms in total. The lowest BCUT2D eigenvalue weighted by molar-refractivity contribution is 1.28. The van der Waals surface area contributed by atoms with Gasteiger partial charge in [-0.3, -0.25) is 0 Å². The average Bonchev–Trinajstić information content (AvgIpc) is 3.98. The van der Waals surface area contributed by atoms with E-state index in [9.17, 15) is 0 Å². The quantitative estimate of drug-likeness (QED) is 0.199. The molecule has 9 rings (SSSR count). The molecule has 4 aromatic carbocycles. The van der Waals surface area contributed by atoms with Crippen LogP contribution in [0, 0.1) is 0 Å². The molecule has 3 aromatic heterocycles. The van der Waals surface area contributed by atoms with Crippen LogP contribution in [0.3, 0.4) is 0 Å².